The van der Waals surface area contributed by atoms with Gasteiger partial charge in [-0.2, -0.15) is 0 Å². The Labute approximate surface area is 136 Å². The molecule has 3 nitrogen and oxygen atoms in total. The lowest BCUT2D eigenvalue weighted by atomic mass is 10.00. The molecule has 1 aromatic heterocycles. The minimum atomic E-state index is -1.19. The third-order valence-electron chi connectivity index (χ3n) is 3.23. The molecule has 0 saturated carbocycles. The Kier molecular flexibility index (Phi) is 4.91. The average Bonchev–Trinajstić information content (AvgIpc) is 2.56. The quantitative estimate of drug-likeness (QED) is 0.792. The van der Waals surface area contributed by atoms with Crippen LogP contribution in [0.5, 0.6) is 0 Å². The van der Waals surface area contributed by atoms with Crippen LogP contribution in [-0.2, 0) is 0 Å². The van der Waals surface area contributed by atoms with Crippen molar-refractivity contribution in [1.29, 1.82) is 0 Å². The number of allylic oxidation sites excluding steroid dienone is 5. The van der Waals surface area contributed by atoms with E-state index < -0.39 is 17.6 Å². The molecule has 0 fully saturated rings. The minimum absolute atomic E-state index is 0.0463. The van der Waals surface area contributed by atoms with Crippen LogP contribution < -0.4 is 0 Å². The molecule has 0 unspecified atom stereocenters. The summed E-state index contributed by atoms with van der Waals surface area (Å²) < 4.78 is 28.1. The van der Waals surface area contributed by atoms with Crippen molar-refractivity contribution >= 4 is 33.9 Å². The van der Waals surface area contributed by atoms with Gasteiger partial charge in [0, 0.05) is 15.8 Å². The Morgan fingerprint density at radius 3 is 2.65 bits per heavy atom. The van der Waals surface area contributed by atoms with Crippen molar-refractivity contribution in [3.8, 4) is 0 Å². The van der Waals surface area contributed by atoms with Gasteiger partial charge >= 0.3 is 5.97 Å². The van der Waals surface area contributed by atoms with Crippen LogP contribution in [0, 0.1) is 5.82 Å². The molecule has 0 aliphatic heterocycles. The summed E-state index contributed by atoms with van der Waals surface area (Å²) in [6, 6.07) is 3.81. The third kappa shape index (κ3) is 3.14. The Hall–Kier alpha value is -2.53. The van der Waals surface area contributed by atoms with Crippen LogP contribution in [0.25, 0.3) is 16.3 Å². The molecule has 0 aliphatic rings. The largest absolute Gasteiger partial charge is 0.478 e. The molecule has 2 aromatic rings. The van der Waals surface area contributed by atoms with Crippen LogP contribution in [-0.4, -0.2) is 16.1 Å². The van der Waals surface area contributed by atoms with Crippen molar-refractivity contribution in [3.05, 3.63) is 71.1 Å². The third-order valence-corrected chi connectivity index (χ3v) is 3.64. The summed E-state index contributed by atoms with van der Waals surface area (Å²) in [5.74, 6) is -2.57. The van der Waals surface area contributed by atoms with E-state index in [1.54, 1.807) is 6.92 Å². The molecule has 1 aromatic carbocycles. The molecule has 2 rings (SSSR count). The van der Waals surface area contributed by atoms with Crippen molar-refractivity contribution in [1.82, 2.24) is 4.98 Å². The summed E-state index contributed by atoms with van der Waals surface area (Å²) in [5.41, 5.74) is -0.0946. The molecule has 0 radical (unpaired) electrons. The lowest BCUT2D eigenvalue weighted by molar-refractivity contribution is 0.0697. The SMILES string of the molecule is C=C/C(F)=C(\C(Cl)=C/C)c1ncc(F)c2ccc(C(=O)O)cc12. The maximum absolute atomic E-state index is 14.2. The topological polar surface area (TPSA) is 50.2 Å². The molecule has 1 N–H and O–H groups in total. The van der Waals surface area contributed by atoms with Gasteiger partial charge in [-0.3, -0.25) is 4.98 Å². The zero-order valence-corrected chi connectivity index (χ0v) is 12.9. The van der Waals surface area contributed by atoms with Gasteiger partial charge in [-0.15, -0.1) is 0 Å². The predicted octanol–water partition coefficient (Wildman–Crippen LogP) is 5.08. The number of aromatic carboxylic acids is 1. The maximum atomic E-state index is 14.2. The van der Waals surface area contributed by atoms with E-state index >= 15 is 0 Å². The fourth-order valence-corrected chi connectivity index (χ4v) is 2.31. The average molecular weight is 336 g/mol. The van der Waals surface area contributed by atoms with Crippen molar-refractivity contribution in [3.63, 3.8) is 0 Å². The Balaban J connectivity index is 2.93. The van der Waals surface area contributed by atoms with E-state index in [-0.39, 0.29) is 32.6 Å². The summed E-state index contributed by atoms with van der Waals surface area (Å²) in [7, 11) is 0. The number of hydrogen-bond acceptors (Lipinski definition) is 2. The minimum Gasteiger partial charge on any atom is -0.478 e. The maximum Gasteiger partial charge on any atom is 0.335 e. The number of rotatable bonds is 4. The molecular formula is C17H12ClF2NO2. The number of aromatic nitrogens is 1. The number of halogens is 3. The summed E-state index contributed by atoms with van der Waals surface area (Å²) in [6.07, 6.45) is 3.35. The van der Waals surface area contributed by atoms with E-state index in [2.05, 4.69) is 11.6 Å². The number of benzene rings is 1. The first-order valence-corrected chi connectivity index (χ1v) is 6.94. The van der Waals surface area contributed by atoms with Gasteiger partial charge in [0.05, 0.1) is 23.0 Å². The van der Waals surface area contributed by atoms with E-state index in [1.807, 2.05) is 0 Å². The lowest BCUT2D eigenvalue weighted by Gasteiger charge is -2.11. The van der Waals surface area contributed by atoms with E-state index in [4.69, 9.17) is 16.7 Å². The normalized spacial score (nSPS) is 13.0. The molecule has 1 heterocycles. The van der Waals surface area contributed by atoms with Gasteiger partial charge in [-0.25, -0.2) is 13.6 Å². The smallest absolute Gasteiger partial charge is 0.335 e. The number of carboxylic acids is 1. The van der Waals surface area contributed by atoms with Crippen molar-refractivity contribution in [2.75, 3.05) is 0 Å². The highest BCUT2D eigenvalue weighted by molar-refractivity contribution is 6.37. The standard InChI is InChI=1S/C17H12ClF2NO2/c1-3-12(18)15(13(19)4-2)16-11-7-9(17(22)23)5-6-10(11)14(20)8-21-16/h3-8H,2H2,1H3,(H,22,23)/b12-3+,15-13-. The molecular weight excluding hydrogens is 324 g/mol. The fourth-order valence-electron chi connectivity index (χ4n) is 2.13. The van der Waals surface area contributed by atoms with Crippen LogP contribution in [0.1, 0.15) is 23.0 Å². The zero-order valence-electron chi connectivity index (χ0n) is 12.1. The first kappa shape index (κ1) is 16.8. The van der Waals surface area contributed by atoms with E-state index in [0.717, 1.165) is 12.3 Å². The number of hydrogen-bond donors (Lipinski definition) is 1. The van der Waals surface area contributed by atoms with E-state index in [1.165, 1.54) is 24.3 Å². The highest BCUT2D eigenvalue weighted by atomic mass is 35.5. The van der Waals surface area contributed by atoms with Gasteiger partial charge in [0.15, 0.2) is 0 Å². The molecule has 0 bridgehead atoms. The monoisotopic (exact) mass is 335 g/mol. The second-order valence-electron chi connectivity index (χ2n) is 4.58. The number of nitrogens with zero attached hydrogens (tertiary/aromatic N) is 1. The van der Waals surface area contributed by atoms with E-state index in [9.17, 15) is 13.6 Å². The van der Waals surface area contributed by atoms with Crippen LogP contribution in [0.3, 0.4) is 0 Å². The van der Waals surface area contributed by atoms with Gasteiger partial charge in [0.1, 0.15) is 11.6 Å². The van der Waals surface area contributed by atoms with Crippen molar-refractivity contribution in [2.24, 2.45) is 0 Å². The Bertz CT molecular complexity index is 872. The molecule has 118 valence electrons. The van der Waals surface area contributed by atoms with Crippen molar-refractivity contribution in [2.45, 2.75) is 6.92 Å². The highest BCUT2D eigenvalue weighted by Crippen LogP contribution is 2.34. The molecule has 0 amide bonds. The Morgan fingerprint density at radius 2 is 2.09 bits per heavy atom. The molecule has 23 heavy (non-hydrogen) atoms. The zero-order chi connectivity index (χ0) is 17.1. The molecule has 0 aliphatic carbocycles. The second kappa shape index (κ2) is 6.71. The second-order valence-corrected chi connectivity index (χ2v) is 4.99. The lowest BCUT2D eigenvalue weighted by Crippen LogP contribution is -2.00. The van der Waals surface area contributed by atoms with Crippen LogP contribution in [0.2, 0.25) is 0 Å². The van der Waals surface area contributed by atoms with Crippen LogP contribution in [0.4, 0.5) is 8.78 Å². The van der Waals surface area contributed by atoms with Gasteiger partial charge in [-0.05, 0) is 25.1 Å². The van der Waals surface area contributed by atoms with Gasteiger partial charge in [-0.1, -0.05) is 30.3 Å². The van der Waals surface area contributed by atoms with Gasteiger partial charge < -0.3 is 5.11 Å². The molecule has 0 spiro atoms. The summed E-state index contributed by atoms with van der Waals surface area (Å²) in [5, 5.41) is 9.43. The van der Waals surface area contributed by atoms with Gasteiger partial charge in [0.2, 0.25) is 0 Å². The Morgan fingerprint density at radius 1 is 1.39 bits per heavy atom. The highest BCUT2D eigenvalue weighted by Gasteiger charge is 2.18. The van der Waals surface area contributed by atoms with Gasteiger partial charge in [0.25, 0.3) is 0 Å². The number of carboxylic acid groups (broad SMARTS) is 1. The first-order chi connectivity index (χ1) is 10.9. The van der Waals surface area contributed by atoms with Crippen molar-refractivity contribution < 1.29 is 18.7 Å². The van der Waals surface area contributed by atoms with Crippen LogP contribution >= 0.6 is 11.6 Å². The summed E-state index contributed by atoms with van der Waals surface area (Å²) >= 11 is 6.05. The predicted molar refractivity (Wildman–Crippen MR) is 86.5 cm³/mol. The van der Waals surface area contributed by atoms with Crippen LogP contribution in [0.15, 0.2) is 54.0 Å². The number of pyridine rings is 1. The summed E-state index contributed by atoms with van der Waals surface area (Å²) in [6.45, 7) is 4.96. The molecule has 6 heteroatoms. The fraction of sp³-hybridized carbons (Fsp3) is 0.0588. The molecule has 0 saturated heterocycles. The van der Waals surface area contributed by atoms with E-state index in [0.29, 0.717) is 0 Å². The summed E-state index contributed by atoms with van der Waals surface area (Å²) in [4.78, 5) is 15.0. The molecule has 0 atom stereocenters. The number of carbonyl (C=O) groups is 1. The number of fused-ring (bicyclic) bond motifs is 1. The first-order valence-electron chi connectivity index (χ1n) is 6.57.